The van der Waals surface area contributed by atoms with Crippen molar-refractivity contribution < 1.29 is 37.9 Å². The minimum absolute atomic E-state index is 0.0109. The van der Waals surface area contributed by atoms with Gasteiger partial charge < -0.3 is 38.8 Å². The highest BCUT2D eigenvalue weighted by molar-refractivity contribution is 5.78. The van der Waals surface area contributed by atoms with Gasteiger partial charge in [0.15, 0.2) is 11.9 Å². The van der Waals surface area contributed by atoms with E-state index in [-0.39, 0.29) is 37.8 Å². The summed E-state index contributed by atoms with van der Waals surface area (Å²) >= 11 is 0. The maximum Gasteiger partial charge on any atom is 0.407 e. The Labute approximate surface area is 303 Å². The van der Waals surface area contributed by atoms with E-state index < -0.39 is 35.5 Å². The first-order valence-corrected chi connectivity index (χ1v) is 17.5. The predicted octanol–water partition coefficient (Wildman–Crippen LogP) is 5.08. The Morgan fingerprint density at radius 3 is 2.17 bits per heavy atom. The molecule has 3 amide bonds. The summed E-state index contributed by atoms with van der Waals surface area (Å²) in [4.78, 5) is 54.8. The van der Waals surface area contributed by atoms with Crippen LogP contribution in [0.1, 0.15) is 84.5 Å². The third-order valence-electron chi connectivity index (χ3n) is 8.41. The molecule has 0 radical (unpaired) electrons. The molecule has 5 rings (SSSR count). The van der Waals surface area contributed by atoms with Gasteiger partial charge in [-0.05, 0) is 84.6 Å². The summed E-state index contributed by atoms with van der Waals surface area (Å²) in [5, 5.41) is 9.41. The van der Waals surface area contributed by atoms with E-state index in [1.165, 1.54) is 0 Å². The van der Waals surface area contributed by atoms with Crippen LogP contribution in [-0.2, 0) is 30.3 Å². The fraction of sp³-hybridized carbons (Fsp3) is 0.526. The quantitative estimate of drug-likeness (QED) is 0.155. The lowest BCUT2D eigenvalue weighted by Gasteiger charge is -2.21. The number of hydrogen-bond acceptors (Lipinski definition) is 10. The second-order valence-corrected chi connectivity index (χ2v) is 15.1. The minimum atomic E-state index is -0.625. The Balaban J connectivity index is 1.04. The van der Waals surface area contributed by atoms with Crippen LogP contribution in [0.5, 0.6) is 0 Å². The van der Waals surface area contributed by atoms with Crippen molar-refractivity contribution in [3.05, 3.63) is 59.8 Å². The second-order valence-electron chi connectivity index (χ2n) is 15.1. The number of aromatic nitrogens is 3. The summed E-state index contributed by atoms with van der Waals surface area (Å²) in [7, 11) is 0. The van der Waals surface area contributed by atoms with Crippen molar-refractivity contribution in [1.29, 1.82) is 0 Å². The number of esters is 1. The highest BCUT2D eigenvalue weighted by atomic mass is 16.6. The van der Waals surface area contributed by atoms with Crippen LogP contribution in [0, 0.1) is 29.6 Å². The lowest BCUT2D eigenvalue weighted by molar-refractivity contribution is -0.148. The van der Waals surface area contributed by atoms with Crippen LogP contribution in [0.3, 0.4) is 0 Å². The molecule has 2 fully saturated rings. The van der Waals surface area contributed by atoms with Gasteiger partial charge in [-0.2, -0.15) is 0 Å². The third kappa shape index (κ3) is 10.8. The molecule has 2 aliphatic rings. The fourth-order valence-electron chi connectivity index (χ4n) is 5.97. The number of benzene rings is 1. The van der Waals surface area contributed by atoms with Crippen molar-refractivity contribution in [3.8, 4) is 23.2 Å². The molecule has 1 aliphatic heterocycles. The largest absolute Gasteiger partial charge is 0.454 e. The van der Waals surface area contributed by atoms with Gasteiger partial charge in [0, 0.05) is 68.1 Å². The first-order chi connectivity index (χ1) is 24.5. The van der Waals surface area contributed by atoms with Crippen LogP contribution >= 0.6 is 0 Å². The Morgan fingerprint density at radius 1 is 0.942 bits per heavy atom. The van der Waals surface area contributed by atoms with Gasteiger partial charge in [0.25, 0.3) is 0 Å². The highest BCUT2D eigenvalue weighted by Crippen LogP contribution is 2.51. The fourth-order valence-corrected chi connectivity index (χ4v) is 5.97. The van der Waals surface area contributed by atoms with Crippen LogP contribution in [0.4, 0.5) is 9.59 Å². The van der Waals surface area contributed by atoms with Crippen LogP contribution in [0.2, 0.25) is 0 Å². The van der Waals surface area contributed by atoms with E-state index in [4.69, 9.17) is 18.7 Å². The molecular weight excluding hydrogens is 668 g/mol. The van der Waals surface area contributed by atoms with Gasteiger partial charge in [-0.15, -0.1) is 0 Å². The molecule has 2 N–H and O–H groups in total. The normalized spacial score (nSPS) is 18.4. The van der Waals surface area contributed by atoms with Crippen molar-refractivity contribution in [3.63, 3.8) is 0 Å². The topological polar surface area (TPSA) is 167 Å². The zero-order chi connectivity index (χ0) is 37.6. The number of carbonyl (C=O) groups excluding carboxylic acids is 4. The molecule has 4 atom stereocenters. The monoisotopic (exact) mass is 716 g/mol. The van der Waals surface area contributed by atoms with Crippen molar-refractivity contribution in [2.75, 3.05) is 26.2 Å². The molecule has 0 spiro atoms. The number of rotatable bonds is 11. The smallest absolute Gasteiger partial charge is 0.407 e. The first kappa shape index (κ1) is 37.9. The van der Waals surface area contributed by atoms with Crippen molar-refractivity contribution in [2.45, 2.75) is 85.2 Å². The average molecular weight is 717 g/mol. The zero-order valence-corrected chi connectivity index (χ0v) is 30.9. The number of piperidine rings is 1. The Morgan fingerprint density at radius 2 is 1.56 bits per heavy atom. The summed E-state index contributed by atoms with van der Waals surface area (Å²) < 4.78 is 23.4. The third-order valence-corrected chi connectivity index (χ3v) is 8.41. The molecule has 1 saturated carbocycles. The van der Waals surface area contributed by atoms with E-state index in [1.54, 1.807) is 60.9 Å². The summed E-state index contributed by atoms with van der Waals surface area (Å²) in [5.41, 5.74) is 1.22. The standard InChI is InChI=1S/C38H48N6O8/c1-24(49-33(46)15-17-41-36(48)51-38(5,6)7)34-39-18-19-43(34)21-27-20-31(52-42-27)26-11-8-25(9-12-26)10-13-28-29-22-44(23-30(28)29)32(45)14-16-40-35(47)50-37(2,3)4/h8-9,11-12,18-20,24,28-30H,14-17,21-23H2,1-7H3,(H,40,47)(H,41,48)/t24-,28-,29+,30-/m0/s1. The Bertz CT molecular complexity index is 1790. The summed E-state index contributed by atoms with van der Waals surface area (Å²) in [5.74, 6) is 8.44. The Kier molecular flexibility index (Phi) is 11.6. The molecule has 2 aromatic heterocycles. The van der Waals surface area contributed by atoms with Gasteiger partial charge in [-0.3, -0.25) is 9.59 Å². The van der Waals surface area contributed by atoms with Gasteiger partial charge in [-0.1, -0.05) is 17.0 Å². The number of imidazole rings is 1. The zero-order valence-electron chi connectivity index (χ0n) is 30.9. The summed E-state index contributed by atoms with van der Waals surface area (Å²) in [6.45, 7) is 14.5. The van der Waals surface area contributed by atoms with Gasteiger partial charge in [0.2, 0.25) is 5.91 Å². The number of hydrogen-bond donors (Lipinski definition) is 2. The van der Waals surface area contributed by atoms with E-state index in [0.717, 1.165) is 11.1 Å². The van der Waals surface area contributed by atoms with Gasteiger partial charge >= 0.3 is 18.2 Å². The van der Waals surface area contributed by atoms with E-state index in [1.807, 2.05) is 39.8 Å². The maximum atomic E-state index is 12.6. The first-order valence-electron chi connectivity index (χ1n) is 17.5. The van der Waals surface area contributed by atoms with Crippen LogP contribution in [-0.4, -0.2) is 81.1 Å². The molecule has 3 heterocycles. The maximum absolute atomic E-state index is 12.6. The molecule has 3 aromatic rings. The van der Waals surface area contributed by atoms with Crippen LogP contribution in [0.25, 0.3) is 11.3 Å². The molecule has 14 heteroatoms. The molecule has 52 heavy (non-hydrogen) atoms. The van der Waals surface area contributed by atoms with Crippen LogP contribution in [0.15, 0.2) is 47.2 Å². The molecule has 278 valence electrons. The number of fused-ring (bicyclic) bond motifs is 1. The summed E-state index contributed by atoms with van der Waals surface area (Å²) in [6.07, 6.45) is 1.91. The number of amides is 3. The van der Waals surface area contributed by atoms with E-state index in [0.29, 0.717) is 48.7 Å². The molecular formula is C38H48N6O8. The number of nitrogens with one attached hydrogen (secondary N) is 2. The van der Waals surface area contributed by atoms with Crippen molar-refractivity contribution in [1.82, 2.24) is 30.2 Å². The van der Waals surface area contributed by atoms with Gasteiger partial charge in [0.1, 0.15) is 22.7 Å². The van der Waals surface area contributed by atoms with Crippen LogP contribution < -0.4 is 10.6 Å². The minimum Gasteiger partial charge on any atom is -0.454 e. The van der Waals surface area contributed by atoms with E-state index in [2.05, 4.69) is 32.6 Å². The molecule has 1 aliphatic carbocycles. The van der Waals surface area contributed by atoms with Crippen molar-refractivity contribution in [2.24, 2.45) is 17.8 Å². The van der Waals surface area contributed by atoms with Crippen molar-refractivity contribution >= 4 is 24.1 Å². The summed E-state index contributed by atoms with van der Waals surface area (Å²) in [6, 6.07) is 9.63. The lowest BCUT2D eigenvalue weighted by Crippen LogP contribution is -2.37. The molecule has 0 unspecified atom stereocenters. The van der Waals surface area contributed by atoms with Gasteiger partial charge in [0.05, 0.1) is 13.0 Å². The highest BCUT2D eigenvalue weighted by Gasteiger charge is 2.55. The number of likely N-dealkylation sites (tertiary alicyclic amines) is 1. The number of carbonyl (C=O) groups is 4. The van der Waals surface area contributed by atoms with E-state index in [9.17, 15) is 19.2 Å². The number of ether oxygens (including phenoxy) is 3. The molecule has 0 bridgehead atoms. The lowest BCUT2D eigenvalue weighted by atomic mass is 10.1. The SMILES string of the molecule is C[C@H](OC(=O)CCNC(=O)OC(C)(C)C)c1nccn1Cc1cc(-c2ccc(C#C[C@H]3[C@H]4CN(C(=O)CCNC(=O)OC(C)(C)C)C[C@@H]34)cc2)on1. The Hall–Kier alpha value is -5.32. The van der Waals surface area contributed by atoms with E-state index >= 15 is 0 Å². The van der Waals surface area contributed by atoms with Gasteiger partial charge in [-0.25, -0.2) is 14.6 Å². The predicted molar refractivity (Wildman–Crippen MR) is 189 cm³/mol. The number of nitrogens with zero attached hydrogens (tertiary/aromatic N) is 4. The second kappa shape index (κ2) is 15.9. The average Bonchev–Trinajstić information content (AvgIpc) is 3.52. The molecule has 1 aromatic carbocycles. The number of alkyl carbamates (subject to hydrolysis) is 2. The molecule has 14 nitrogen and oxygen atoms in total. The molecule has 1 saturated heterocycles.